The normalized spacial score (nSPS) is 10.3. The standard InChI is InChI=1S/C17H23N5O5/c1-25-9-8-19-17-15(22(23)24)16(20-11-21-17)18-7-6-12-4-5-13(26-2)14(10-12)27-3/h4-5,10-11H,6-9H2,1-3H3,(H2,18,19,20,21). The lowest BCUT2D eigenvalue weighted by Crippen LogP contribution is -2.14. The van der Waals surface area contributed by atoms with Gasteiger partial charge in [-0.1, -0.05) is 6.07 Å². The summed E-state index contributed by atoms with van der Waals surface area (Å²) >= 11 is 0. The van der Waals surface area contributed by atoms with Gasteiger partial charge < -0.3 is 24.8 Å². The number of nitrogens with zero attached hydrogens (tertiary/aromatic N) is 3. The molecule has 1 heterocycles. The number of benzene rings is 1. The van der Waals surface area contributed by atoms with E-state index in [2.05, 4.69) is 20.6 Å². The van der Waals surface area contributed by atoms with Crippen LogP contribution in [0, 0.1) is 10.1 Å². The van der Waals surface area contributed by atoms with Gasteiger partial charge in [-0.25, -0.2) is 9.97 Å². The molecule has 0 fully saturated rings. The number of aromatic nitrogens is 2. The summed E-state index contributed by atoms with van der Waals surface area (Å²) in [7, 11) is 4.70. The number of methoxy groups -OCH3 is 3. The molecule has 2 aromatic rings. The minimum Gasteiger partial charge on any atom is -0.493 e. The first-order valence-electron chi connectivity index (χ1n) is 8.27. The molecule has 2 rings (SSSR count). The topological polar surface area (TPSA) is 121 Å². The summed E-state index contributed by atoms with van der Waals surface area (Å²) in [5.74, 6) is 1.59. The van der Waals surface area contributed by atoms with Gasteiger partial charge in [0.25, 0.3) is 0 Å². The Bertz CT molecular complexity index is 771. The van der Waals surface area contributed by atoms with E-state index in [9.17, 15) is 10.1 Å². The lowest BCUT2D eigenvalue weighted by molar-refractivity contribution is -0.383. The molecule has 0 saturated carbocycles. The Morgan fingerprint density at radius 1 is 1.04 bits per heavy atom. The predicted octanol–water partition coefficient (Wildman–Crippen LogP) is 2.11. The third kappa shape index (κ3) is 5.42. The summed E-state index contributed by atoms with van der Waals surface area (Å²) in [6.07, 6.45) is 1.90. The van der Waals surface area contributed by atoms with Crippen LogP contribution in [0.3, 0.4) is 0 Å². The second-order valence-electron chi connectivity index (χ2n) is 5.46. The molecule has 0 radical (unpaired) electrons. The zero-order valence-corrected chi connectivity index (χ0v) is 15.5. The lowest BCUT2D eigenvalue weighted by Gasteiger charge is -2.11. The molecule has 0 amide bonds. The van der Waals surface area contributed by atoms with E-state index >= 15 is 0 Å². The fraction of sp³-hybridized carbons (Fsp3) is 0.412. The molecule has 0 aliphatic rings. The van der Waals surface area contributed by atoms with Gasteiger partial charge in [-0.2, -0.15) is 0 Å². The molecule has 10 nitrogen and oxygen atoms in total. The van der Waals surface area contributed by atoms with Crippen molar-refractivity contribution in [3.8, 4) is 11.5 Å². The summed E-state index contributed by atoms with van der Waals surface area (Å²) in [5, 5.41) is 17.3. The van der Waals surface area contributed by atoms with Crippen molar-refractivity contribution in [3.63, 3.8) is 0 Å². The van der Waals surface area contributed by atoms with E-state index in [0.29, 0.717) is 37.6 Å². The minimum atomic E-state index is -0.506. The number of anilines is 2. The summed E-state index contributed by atoms with van der Waals surface area (Å²) in [6.45, 7) is 1.26. The molecule has 0 spiro atoms. The van der Waals surface area contributed by atoms with Crippen molar-refractivity contribution in [1.29, 1.82) is 0 Å². The second kappa shape index (κ2) is 10.1. The number of hydrogen-bond donors (Lipinski definition) is 2. The molecule has 2 N–H and O–H groups in total. The maximum absolute atomic E-state index is 11.4. The number of nitrogens with one attached hydrogen (secondary N) is 2. The lowest BCUT2D eigenvalue weighted by atomic mass is 10.1. The van der Waals surface area contributed by atoms with Gasteiger partial charge in [0, 0.05) is 20.2 Å². The maximum atomic E-state index is 11.4. The highest BCUT2D eigenvalue weighted by Gasteiger charge is 2.22. The van der Waals surface area contributed by atoms with Crippen LogP contribution >= 0.6 is 0 Å². The molecule has 0 saturated heterocycles. The highest BCUT2D eigenvalue weighted by molar-refractivity contribution is 5.69. The number of nitro groups is 1. The molecule has 0 aliphatic carbocycles. The van der Waals surface area contributed by atoms with E-state index in [0.717, 1.165) is 5.56 Å². The molecule has 0 unspecified atom stereocenters. The van der Waals surface area contributed by atoms with Crippen LogP contribution in [-0.4, -0.2) is 55.9 Å². The summed E-state index contributed by atoms with van der Waals surface area (Å²) in [6, 6.07) is 5.60. The van der Waals surface area contributed by atoms with Gasteiger partial charge >= 0.3 is 5.69 Å². The van der Waals surface area contributed by atoms with Gasteiger partial charge in [0.2, 0.25) is 11.6 Å². The molecule has 27 heavy (non-hydrogen) atoms. The van der Waals surface area contributed by atoms with Crippen LogP contribution in [0.4, 0.5) is 17.3 Å². The largest absolute Gasteiger partial charge is 0.493 e. The van der Waals surface area contributed by atoms with Gasteiger partial charge in [-0.05, 0) is 24.1 Å². The minimum absolute atomic E-state index is 0.153. The van der Waals surface area contributed by atoms with E-state index in [1.807, 2.05) is 18.2 Å². The van der Waals surface area contributed by atoms with Crippen molar-refractivity contribution in [2.45, 2.75) is 6.42 Å². The highest BCUT2D eigenvalue weighted by Crippen LogP contribution is 2.29. The van der Waals surface area contributed by atoms with Crippen molar-refractivity contribution in [2.75, 3.05) is 51.7 Å². The summed E-state index contributed by atoms with van der Waals surface area (Å²) in [5.41, 5.74) is 0.802. The molecule has 0 aliphatic heterocycles. The Balaban J connectivity index is 2.07. The van der Waals surface area contributed by atoms with Gasteiger partial charge in [0.05, 0.1) is 25.7 Å². The van der Waals surface area contributed by atoms with Crippen LogP contribution in [0.1, 0.15) is 5.56 Å². The van der Waals surface area contributed by atoms with Crippen LogP contribution in [0.25, 0.3) is 0 Å². The van der Waals surface area contributed by atoms with Crippen molar-refractivity contribution >= 4 is 17.3 Å². The molecule has 146 valence electrons. The zero-order chi connectivity index (χ0) is 19.6. The first-order valence-corrected chi connectivity index (χ1v) is 8.27. The van der Waals surface area contributed by atoms with Crippen molar-refractivity contribution < 1.29 is 19.1 Å². The van der Waals surface area contributed by atoms with Crippen LogP contribution in [0.5, 0.6) is 11.5 Å². The fourth-order valence-electron chi connectivity index (χ4n) is 2.44. The zero-order valence-electron chi connectivity index (χ0n) is 15.5. The van der Waals surface area contributed by atoms with Crippen LogP contribution in [0.15, 0.2) is 24.5 Å². The Kier molecular flexibility index (Phi) is 7.56. The van der Waals surface area contributed by atoms with Crippen LogP contribution in [0.2, 0.25) is 0 Å². The van der Waals surface area contributed by atoms with E-state index in [-0.39, 0.29) is 17.3 Å². The number of rotatable bonds is 11. The number of ether oxygens (including phenoxy) is 3. The van der Waals surface area contributed by atoms with Gasteiger partial charge in [0.1, 0.15) is 6.33 Å². The molecule has 10 heteroatoms. The van der Waals surface area contributed by atoms with Crippen LogP contribution in [-0.2, 0) is 11.2 Å². The molecular weight excluding hydrogens is 354 g/mol. The first-order chi connectivity index (χ1) is 13.1. The molecule has 1 aromatic carbocycles. The van der Waals surface area contributed by atoms with E-state index in [1.54, 1.807) is 21.3 Å². The SMILES string of the molecule is COCCNc1ncnc(NCCc2ccc(OC)c(OC)c2)c1[N+](=O)[O-]. The second-order valence-corrected chi connectivity index (χ2v) is 5.46. The Labute approximate surface area is 157 Å². The third-order valence-corrected chi connectivity index (χ3v) is 3.76. The average molecular weight is 377 g/mol. The number of hydrogen-bond acceptors (Lipinski definition) is 9. The van der Waals surface area contributed by atoms with Crippen molar-refractivity contribution in [3.05, 3.63) is 40.2 Å². The molecule has 1 aromatic heterocycles. The van der Waals surface area contributed by atoms with Gasteiger partial charge in [-0.15, -0.1) is 0 Å². The third-order valence-electron chi connectivity index (χ3n) is 3.76. The van der Waals surface area contributed by atoms with Crippen molar-refractivity contribution in [2.24, 2.45) is 0 Å². The van der Waals surface area contributed by atoms with E-state index in [4.69, 9.17) is 14.2 Å². The molecule has 0 bridgehead atoms. The van der Waals surface area contributed by atoms with Gasteiger partial charge in [-0.3, -0.25) is 10.1 Å². The predicted molar refractivity (Wildman–Crippen MR) is 101 cm³/mol. The first kappa shape index (κ1) is 20.2. The Morgan fingerprint density at radius 3 is 2.30 bits per heavy atom. The molecule has 0 atom stereocenters. The molecular formula is C17H23N5O5. The van der Waals surface area contributed by atoms with Crippen molar-refractivity contribution in [1.82, 2.24) is 9.97 Å². The fourth-order valence-corrected chi connectivity index (χ4v) is 2.44. The Hall–Kier alpha value is -3.14. The highest BCUT2D eigenvalue weighted by atomic mass is 16.6. The monoisotopic (exact) mass is 377 g/mol. The summed E-state index contributed by atoms with van der Waals surface area (Å²) in [4.78, 5) is 18.9. The van der Waals surface area contributed by atoms with Gasteiger partial charge in [0.15, 0.2) is 11.5 Å². The summed E-state index contributed by atoms with van der Waals surface area (Å²) < 4.78 is 15.4. The van der Waals surface area contributed by atoms with E-state index in [1.165, 1.54) is 6.33 Å². The Morgan fingerprint density at radius 2 is 1.70 bits per heavy atom. The smallest absolute Gasteiger partial charge is 0.353 e. The maximum Gasteiger partial charge on any atom is 0.353 e. The van der Waals surface area contributed by atoms with Crippen LogP contribution < -0.4 is 20.1 Å². The van der Waals surface area contributed by atoms with E-state index < -0.39 is 4.92 Å². The quantitative estimate of drug-likeness (QED) is 0.344. The average Bonchev–Trinajstić information content (AvgIpc) is 2.68.